The van der Waals surface area contributed by atoms with Gasteiger partial charge in [-0.25, -0.2) is 4.98 Å². The van der Waals surface area contributed by atoms with Crippen LogP contribution in [0, 0.1) is 6.92 Å². The van der Waals surface area contributed by atoms with Crippen LogP contribution < -0.4 is 5.32 Å². The molecule has 1 heterocycles. The monoisotopic (exact) mass is 341 g/mol. The number of fused-ring (bicyclic) bond motifs is 1. The van der Waals surface area contributed by atoms with E-state index in [1.807, 2.05) is 43.3 Å². The Hall–Kier alpha value is -2.33. The van der Waals surface area contributed by atoms with E-state index in [0.717, 1.165) is 46.5 Å². The van der Waals surface area contributed by atoms with Crippen molar-refractivity contribution < 1.29 is 4.79 Å². The van der Waals surface area contributed by atoms with Crippen LogP contribution in [0.5, 0.6) is 0 Å². The first-order valence-corrected chi connectivity index (χ1v) is 8.51. The molecule has 0 saturated heterocycles. The molecule has 0 radical (unpaired) electrons. The fourth-order valence-electron chi connectivity index (χ4n) is 2.58. The standard InChI is InChI=1S/C19H20ClN3O/c1-3-4-8-18(24)21-14-7-5-6-13(10-14)19-22-16-9-12(2)15(20)11-17(16)23-19/h5-7,9-11H,3-4,8H2,1-2H3,(H,21,24)(H,22,23). The number of rotatable bonds is 5. The number of aryl methyl sites for hydroxylation is 1. The largest absolute Gasteiger partial charge is 0.338 e. The van der Waals surface area contributed by atoms with E-state index < -0.39 is 0 Å². The van der Waals surface area contributed by atoms with Gasteiger partial charge in [0.25, 0.3) is 0 Å². The topological polar surface area (TPSA) is 57.8 Å². The summed E-state index contributed by atoms with van der Waals surface area (Å²) in [6.07, 6.45) is 2.45. The Kier molecular flexibility index (Phi) is 4.86. The normalized spacial score (nSPS) is 11.0. The highest BCUT2D eigenvalue weighted by Gasteiger charge is 2.09. The molecule has 0 aliphatic heterocycles. The van der Waals surface area contributed by atoms with Gasteiger partial charge in [-0.05, 0) is 43.2 Å². The Morgan fingerprint density at radius 3 is 2.92 bits per heavy atom. The van der Waals surface area contributed by atoms with Crippen LogP contribution in [0.3, 0.4) is 0 Å². The number of hydrogen-bond acceptors (Lipinski definition) is 2. The average Bonchev–Trinajstić information content (AvgIpc) is 2.96. The third-order valence-electron chi connectivity index (χ3n) is 3.94. The van der Waals surface area contributed by atoms with Crippen molar-refractivity contribution in [1.29, 1.82) is 0 Å². The van der Waals surface area contributed by atoms with Gasteiger partial charge in [-0.3, -0.25) is 4.79 Å². The van der Waals surface area contributed by atoms with Crippen molar-refractivity contribution in [2.75, 3.05) is 5.32 Å². The predicted octanol–water partition coefficient (Wildman–Crippen LogP) is 5.32. The molecule has 1 aromatic heterocycles. The van der Waals surface area contributed by atoms with E-state index >= 15 is 0 Å². The summed E-state index contributed by atoms with van der Waals surface area (Å²) in [6, 6.07) is 11.5. The van der Waals surface area contributed by atoms with Gasteiger partial charge in [0.05, 0.1) is 11.0 Å². The van der Waals surface area contributed by atoms with E-state index in [1.165, 1.54) is 0 Å². The van der Waals surface area contributed by atoms with Crippen LogP contribution in [0.4, 0.5) is 5.69 Å². The summed E-state index contributed by atoms with van der Waals surface area (Å²) in [6.45, 7) is 4.04. The highest BCUT2D eigenvalue weighted by Crippen LogP contribution is 2.26. The number of aromatic amines is 1. The molecule has 3 aromatic rings. The first-order chi connectivity index (χ1) is 11.6. The number of amides is 1. The lowest BCUT2D eigenvalue weighted by Gasteiger charge is -2.06. The van der Waals surface area contributed by atoms with Gasteiger partial charge >= 0.3 is 0 Å². The van der Waals surface area contributed by atoms with E-state index in [0.29, 0.717) is 11.4 Å². The molecule has 0 fully saturated rings. The molecule has 0 aliphatic rings. The molecular formula is C19H20ClN3O. The lowest BCUT2D eigenvalue weighted by molar-refractivity contribution is -0.116. The van der Waals surface area contributed by atoms with Crippen molar-refractivity contribution >= 4 is 34.2 Å². The Labute approximate surface area is 146 Å². The number of carbonyl (C=O) groups excluding carboxylic acids is 1. The minimum absolute atomic E-state index is 0.0426. The zero-order chi connectivity index (χ0) is 17.1. The van der Waals surface area contributed by atoms with Crippen molar-refractivity contribution in [2.45, 2.75) is 33.1 Å². The zero-order valence-corrected chi connectivity index (χ0v) is 14.6. The molecule has 2 aromatic carbocycles. The Morgan fingerprint density at radius 2 is 2.12 bits per heavy atom. The molecule has 0 atom stereocenters. The maximum Gasteiger partial charge on any atom is 0.224 e. The number of aromatic nitrogens is 2. The van der Waals surface area contributed by atoms with E-state index in [-0.39, 0.29) is 5.91 Å². The van der Waals surface area contributed by atoms with Crippen LogP contribution in [0.25, 0.3) is 22.4 Å². The second-order valence-corrected chi connectivity index (χ2v) is 6.34. The SMILES string of the molecule is CCCCC(=O)Nc1cccc(-c2nc3cc(Cl)c(C)cc3[nH]2)c1. The number of hydrogen-bond donors (Lipinski definition) is 2. The molecule has 4 nitrogen and oxygen atoms in total. The van der Waals surface area contributed by atoms with Crippen molar-refractivity contribution in [1.82, 2.24) is 9.97 Å². The Balaban J connectivity index is 1.87. The summed E-state index contributed by atoms with van der Waals surface area (Å²) >= 11 is 6.17. The molecule has 1 amide bonds. The van der Waals surface area contributed by atoms with Gasteiger partial charge in [0.1, 0.15) is 5.82 Å². The number of imidazole rings is 1. The summed E-state index contributed by atoms with van der Waals surface area (Å²) in [4.78, 5) is 19.8. The Bertz CT molecular complexity index is 846. The number of anilines is 1. The van der Waals surface area contributed by atoms with Gasteiger partial charge in [-0.1, -0.05) is 37.1 Å². The van der Waals surface area contributed by atoms with Gasteiger partial charge in [-0.2, -0.15) is 0 Å². The van der Waals surface area contributed by atoms with Crippen LogP contribution in [0.2, 0.25) is 5.02 Å². The first kappa shape index (κ1) is 16.5. The third kappa shape index (κ3) is 3.60. The fraction of sp³-hybridized carbons (Fsp3) is 0.263. The highest BCUT2D eigenvalue weighted by molar-refractivity contribution is 6.32. The summed E-state index contributed by atoms with van der Waals surface area (Å²) in [5, 5.41) is 3.64. The quantitative estimate of drug-likeness (QED) is 0.659. The van der Waals surface area contributed by atoms with Crippen molar-refractivity contribution in [3.8, 4) is 11.4 Å². The molecular weight excluding hydrogens is 322 g/mol. The summed E-state index contributed by atoms with van der Waals surface area (Å²) in [5.74, 6) is 0.803. The van der Waals surface area contributed by atoms with Gasteiger partial charge in [-0.15, -0.1) is 0 Å². The molecule has 0 bridgehead atoms. The van der Waals surface area contributed by atoms with Gasteiger partial charge in [0.2, 0.25) is 5.91 Å². The number of unbranched alkanes of at least 4 members (excludes halogenated alkanes) is 1. The van der Waals surface area contributed by atoms with Gasteiger partial charge < -0.3 is 10.3 Å². The van der Waals surface area contributed by atoms with E-state index in [9.17, 15) is 4.79 Å². The summed E-state index contributed by atoms with van der Waals surface area (Å²) in [5.41, 5.74) is 4.50. The molecule has 124 valence electrons. The van der Waals surface area contributed by atoms with Crippen molar-refractivity contribution in [3.63, 3.8) is 0 Å². The number of carbonyl (C=O) groups is 1. The van der Waals surface area contributed by atoms with E-state index in [2.05, 4.69) is 22.2 Å². The number of benzene rings is 2. The molecule has 2 N–H and O–H groups in total. The van der Waals surface area contributed by atoms with Crippen LogP contribution >= 0.6 is 11.6 Å². The molecule has 5 heteroatoms. The molecule has 0 spiro atoms. The smallest absolute Gasteiger partial charge is 0.224 e. The average molecular weight is 342 g/mol. The zero-order valence-electron chi connectivity index (χ0n) is 13.8. The minimum atomic E-state index is 0.0426. The van der Waals surface area contributed by atoms with Crippen LogP contribution in [-0.4, -0.2) is 15.9 Å². The van der Waals surface area contributed by atoms with Crippen LogP contribution in [-0.2, 0) is 4.79 Å². The van der Waals surface area contributed by atoms with Gasteiger partial charge in [0, 0.05) is 22.7 Å². The first-order valence-electron chi connectivity index (χ1n) is 8.13. The van der Waals surface area contributed by atoms with Gasteiger partial charge in [0.15, 0.2) is 0 Å². The van der Waals surface area contributed by atoms with E-state index in [1.54, 1.807) is 0 Å². The third-order valence-corrected chi connectivity index (χ3v) is 4.35. The maximum atomic E-state index is 11.9. The molecule has 0 saturated carbocycles. The summed E-state index contributed by atoms with van der Waals surface area (Å²) < 4.78 is 0. The molecule has 24 heavy (non-hydrogen) atoms. The predicted molar refractivity (Wildman–Crippen MR) is 99.4 cm³/mol. The van der Waals surface area contributed by atoms with Crippen LogP contribution in [0.15, 0.2) is 36.4 Å². The highest BCUT2D eigenvalue weighted by atomic mass is 35.5. The summed E-state index contributed by atoms with van der Waals surface area (Å²) in [7, 11) is 0. The Morgan fingerprint density at radius 1 is 1.29 bits per heavy atom. The number of nitrogens with zero attached hydrogens (tertiary/aromatic N) is 1. The molecule has 0 aliphatic carbocycles. The second-order valence-electron chi connectivity index (χ2n) is 5.94. The fourth-order valence-corrected chi connectivity index (χ4v) is 2.74. The second kappa shape index (κ2) is 7.05. The number of halogens is 1. The lowest BCUT2D eigenvalue weighted by atomic mass is 10.2. The minimum Gasteiger partial charge on any atom is -0.338 e. The van der Waals surface area contributed by atoms with Crippen molar-refractivity contribution in [3.05, 3.63) is 47.0 Å². The number of nitrogens with one attached hydrogen (secondary N) is 2. The lowest BCUT2D eigenvalue weighted by Crippen LogP contribution is -2.10. The molecule has 0 unspecified atom stereocenters. The van der Waals surface area contributed by atoms with Crippen LogP contribution in [0.1, 0.15) is 31.7 Å². The number of H-pyrrole nitrogens is 1. The maximum absolute atomic E-state index is 11.9. The van der Waals surface area contributed by atoms with Crippen molar-refractivity contribution in [2.24, 2.45) is 0 Å². The van der Waals surface area contributed by atoms with E-state index in [4.69, 9.17) is 11.6 Å². The molecule has 3 rings (SSSR count).